The Hall–Kier alpha value is -5.92. The first-order valence-electron chi connectivity index (χ1n) is 15.1. The highest BCUT2D eigenvalue weighted by molar-refractivity contribution is 6.36. The Bertz CT molecular complexity index is 2880. The van der Waals surface area contributed by atoms with Gasteiger partial charge in [0.1, 0.15) is 11.9 Å². The standard InChI is InChI=1S/C40H24N4/c1-2-24-26-13-5-6-14-27(26)32(22-41)42-40(24)44-35-20-19-23-11-3-4-12-25(23)36(35)31-21-30-28-15-7-9-17-33(28)43-34-18-10-8-16-29(34)37(38(30)43)39(31)44/h3-21H,2H2,1H3. The van der Waals surface area contributed by atoms with Crippen LogP contribution in [-0.2, 0) is 6.42 Å². The van der Waals surface area contributed by atoms with Gasteiger partial charge in [0.25, 0.3) is 0 Å². The molecule has 10 aromatic rings. The molecule has 6 aromatic carbocycles. The number of hydrogen-bond donors (Lipinski definition) is 0. The quantitative estimate of drug-likeness (QED) is 0.211. The van der Waals surface area contributed by atoms with E-state index in [0.29, 0.717) is 5.69 Å². The third-order valence-corrected chi connectivity index (χ3v) is 9.65. The minimum atomic E-state index is 0.454. The zero-order chi connectivity index (χ0) is 29.1. The summed E-state index contributed by atoms with van der Waals surface area (Å²) in [4.78, 5) is 5.18. The normalized spacial score (nSPS) is 12.3. The van der Waals surface area contributed by atoms with E-state index >= 15 is 0 Å². The van der Waals surface area contributed by atoms with Crippen molar-refractivity contribution in [3.63, 3.8) is 0 Å². The molecular formula is C40H24N4. The molecule has 204 valence electrons. The highest BCUT2D eigenvalue weighted by Gasteiger charge is 2.26. The van der Waals surface area contributed by atoms with Crippen molar-refractivity contribution >= 4 is 81.4 Å². The first-order chi connectivity index (χ1) is 21.8. The second-order valence-corrected chi connectivity index (χ2v) is 11.7. The minimum absolute atomic E-state index is 0.454. The summed E-state index contributed by atoms with van der Waals surface area (Å²) < 4.78 is 4.80. The first-order valence-corrected chi connectivity index (χ1v) is 15.1. The molecule has 0 spiro atoms. The van der Waals surface area contributed by atoms with Crippen LogP contribution in [0.4, 0.5) is 0 Å². The van der Waals surface area contributed by atoms with E-state index in [1.807, 2.05) is 12.1 Å². The summed E-state index contributed by atoms with van der Waals surface area (Å²) in [6.45, 7) is 2.19. The van der Waals surface area contributed by atoms with Gasteiger partial charge in [-0.2, -0.15) is 5.26 Å². The molecule has 44 heavy (non-hydrogen) atoms. The maximum Gasteiger partial charge on any atom is 0.150 e. The summed E-state index contributed by atoms with van der Waals surface area (Å²) >= 11 is 0. The van der Waals surface area contributed by atoms with Gasteiger partial charge < -0.3 is 4.40 Å². The van der Waals surface area contributed by atoms with Gasteiger partial charge >= 0.3 is 0 Å². The maximum absolute atomic E-state index is 10.3. The lowest BCUT2D eigenvalue weighted by molar-refractivity contribution is 1.01. The highest BCUT2D eigenvalue weighted by Crippen LogP contribution is 2.48. The number of para-hydroxylation sites is 2. The van der Waals surface area contributed by atoms with E-state index in [4.69, 9.17) is 4.98 Å². The first kappa shape index (κ1) is 23.6. The summed E-state index contributed by atoms with van der Waals surface area (Å²) in [6.07, 6.45) is 0.789. The number of nitriles is 1. The number of aromatic nitrogens is 3. The molecule has 0 saturated carbocycles. The monoisotopic (exact) mass is 560 g/mol. The van der Waals surface area contributed by atoms with Crippen LogP contribution in [-0.4, -0.2) is 14.0 Å². The van der Waals surface area contributed by atoms with E-state index in [1.54, 1.807) is 0 Å². The summed E-state index contributed by atoms with van der Waals surface area (Å²) in [5.41, 5.74) is 7.48. The summed E-state index contributed by atoms with van der Waals surface area (Å²) in [5.74, 6) is 0.834. The smallest absolute Gasteiger partial charge is 0.150 e. The van der Waals surface area contributed by atoms with E-state index in [1.165, 1.54) is 59.6 Å². The SMILES string of the molecule is CCc1c(-n2c3ccc4ccccc4c3c3cc4c5ccccc5n5c6ccccc6c(c32)c45)nc(C#N)c2ccccc12. The van der Waals surface area contributed by atoms with Crippen LogP contribution in [0.2, 0.25) is 0 Å². The molecule has 0 radical (unpaired) electrons. The van der Waals surface area contributed by atoms with Gasteiger partial charge in [0.05, 0.1) is 27.6 Å². The van der Waals surface area contributed by atoms with Gasteiger partial charge in [-0.25, -0.2) is 4.98 Å². The molecule has 0 amide bonds. The lowest BCUT2D eigenvalue weighted by Crippen LogP contribution is -2.06. The van der Waals surface area contributed by atoms with E-state index in [9.17, 15) is 5.26 Å². The van der Waals surface area contributed by atoms with Gasteiger partial charge in [0, 0.05) is 43.3 Å². The number of pyridine rings is 1. The lowest BCUT2D eigenvalue weighted by atomic mass is 10.0. The minimum Gasteiger partial charge on any atom is -0.308 e. The van der Waals surface area contributed by atoms with E-state index in [-0.39, 0.29) is 0 Å². The van der Waals surface area contributed by atoms with Gasteiger partial charge in [-0.15, -0.1) is 0 Å². The van der Waals surface area contributed by atoms with Gasteiger partial charge in [0.2, 0.25) is 0 Å². The average molecular weight is 561 g/mol. The molecule has 4 heterocycles. The Labute approximate surface area is 251 Å². The van der Waals surface area contributed by atoms with Crippen molar-refractivity contribution in [1.82, 2.24) is 14.0 Å². The molecule has 0 unspecified atom stereocenters. The number of rotatable bonds is 2. The van der Waals surface area contributed by atoms with Crippen molar-refractivity contribution in [2.24, 2.45) is 0 Å². The molecule has 0 atom stereocenters. The summed E-state index contributed by atoms with van der Waals surface area (Å²) in [7, 11) is 0. The van der Waals surface area contributed by atoms with E-state index in [2.05, 4.69) is 125 Å². The zero-order valence-corrected chi connectivity index (χ0v) is 24.0. The van der Waals surface area contributed by atoms with Crippen LogP contribution < -0.4 is 0 Å². The van der Waals surface area contributed by atoms with Crippen LogP contribution in [0.5, 0.6) is 0 Å². The van der Waals surface area contributed by atoms with Crippen molar-refractivity contribution < 1.29 is 0 Å². The van der Waals surface area contributed by atoms with Crippen molar-refractivity contribution in [2.45, 2.75) is 13.3 Å². The van der Waals surface area contributed by atoms with Crippen LogP contribution in [0.15, 0.2) is 115 Å². The molecule has 0 aliphatic rings. The third-order valence-electron chi connectivity index (χ3n) is 9.65. The van der Waals surface area contributed by atoms with Gasteiger partial charge in [-0.05, 0) is 46.8 Å². The number of hydrogen-bond acceptors (Lipinski definition) is 2. The van der Waals surface area contributed by atoms with Crippen LogP contribution >= 0.6 is 0 Å². The molecule has 4 nitrogen and oxygen atoms in total. The molecule has 0 bridgehead atoms. The van der Waals surface area contributed by atoms with Crippen LogP contribution in [0.1, 0.15) is 18.2 Å². The van der Waals surface area contributed by atoms with Crippen LogP contribution in [0, 0.1) is 11.3 Å². The highest BCUT2D eigenvalue weighted by atomic mass is 15.1. The molecule has 4 aromatic heterocycles. The van der Waals surface area contributed by atoms with Crippen molar-refractivity contribution in [3.8, 4) is 11.9 Å². The molecule has 4 heteroatoms. The molecular weight excluding hydrogens is 536 g/mol. The van der Waals surface area contributed by atoms with Gasteiger partial charge in [-0.3, -0.25) is 4.57 Å². The molecule has 0 aliphatic carbocycles. The third kappa shape index (κ3) is 2.75. The topological polar surface area (TPSA) is 46.0 Å². The fourth-order valence-electron chi connectivity index (χ4n) is 7.92. The number of aryl methyl sites for hydroxylation is 1. The van der Waals surface area contributed by atoms with Crippen molar-refractivity contribution in [2.75, 3.05) is 0 Å². The molecule has 10 rings (SSSR count). The van der Waals surface area contributed by atoms with Crippen molar-refractivity contribution in [1.29, 1.82) is 5.26 Å². The second-order valence-electron chi connectivity index (χ2n) is 11.7. The molecule has 0 saturated heterocycles. The van der Waals surface area contributed by atoms with Crippen molar-refractivity contribution in [3.05, 3.63) is 127 Å². The second kappa shape index (κ2) is 8.34. The van der Waals surface area contributed by atoms with E-state index in [0.717, 1.165) is 39.6 Å². The summed E-state index contributed by atoms with van der Waals surface area (Å²) in [5, 5.41) is 22.1. The van der Waals surface area contributed by atoms with Crippen LogP contribution in [0.25, 0.3) is 87.3 Å². The Morgan fingerprint density at radius 1 is 0.591 bits per heavy atom. The fourth-order valence-corrected chi connectivity index (χ4v) is 7.92. The Morgan fingerprint density at radius 3 is 2.02 bits per heavy atom. The number of benzene rings is 6. The fraction of sp³-hybridized carbons (Fsp3) is 0.0500. The molecule has 0 N–H and O–H groups in total. The Kier molecular flexibility index (Phi) is 4.48. The van der Waals surface area contributed by atoms with E-state index < -0.39 is 0 Å². The predicted molar refractivity (Wildman–Crippen MR) is 182 cm³/mol. The average Bonchev–Trinajstić information content (AvgIpc) is 3.72. The maximum atomic E-state index is 10.3. The largest absolute Gasteiger partial charge is 0.308 e. The molecule has 0 aliphatic heterocycles. The summed E-state index contributed by atoms with van der Waals surface area (Å²) in [6, 6.07) is 43.6. The number of nitrogens with zero attached hydrogens (tertiary/aromatic N) is 4. The Morgan fingerprint density at radius 2 is 1.25 bits per heavy atom. The Balaban J connectivity index is 1.57. The van der Waals surface area contributed by atoms with Gasteiger partial charge in [-0.1, -0.05) is 97.9 Å². The van der Waals surface area contributed by atoms with Gasteiger partial charge in [0.15, 0.2) is 5.69 Å². The zero-order valence-electron chi connectivity index (χ0n) is 24.0. The molecule has 0 fully saturated rings. The number of fused-ring (bicyclic) bond motifs is 13. The van der Waals surface area contributed by atoms with Crippen LogP contribution in [0.3, 0.4) is 0 Å². The predicted octanol–water partition coefficient (Wildman–Crippen LogP) is 10.1. The lowest BCUT2D eigenvalue weighted by Gasteiger charge is -2.16.